The molecule has 2 heteroatoms. The molecule has 1 amide bonds. The van der Waals surface area contributed by atoms with Gasteiger partial charge in [0.1, 0.15) is 0 Å². The van der Waals surface area contributed by atoms with Gasteiger partial charge in [0, 0.05) is 11.3 Å². The van der Waals surface area contributed by atoms with Gasteiger partial charge in [-0.15, -0.1) is 0 Å². The molecule has 0 saturated carbocycles. The Hall–Kier alpha value is -2.87. The molecular formula is C21H19NO. The molecule has 0 atom stereocenters. The Labute approximate surface area is 136 Å². The van der Waals surface area contributed by atoms with Crippen LogP contribution in [0.25, 0.3) is 11.1 Å². The summed E-state index contributed by atoms with van der Waals surface area (Å²) in [5.74, 6) is -0.0892. The number of benzene rings is 3. The molecule has 0 unspecified atom stereocenters. The van der Waals surface area contributed by atoms with Gasteiger partial charge < -0.3 is 5.32 Å². The van der Waals surface area contributed by atoms with E-state index in [-0.39, 0.29) is 5.91 Å². The molecule has 3 aromatic rings. The monoisotopic (exact) mass is 301 g/mol. The maximum Gasteiger partial charge on any atom is 0.256 e. The minimum Gasteiger partial charge on any atom is -0.322 e. The third kappa shape index (κ3) is 3.49. The molecule has 0 spiro atoms. The highest BCUT2D eigenvalue weighted by molar-refractivity contribution is 6.08. The van der Waals surface area contributed by atoms with E-state index in [2.05, 4.69) is 12.2 Å². The van der Waals surface area contributed by atoms with E-state index in [1.807, 2.05) is 78.9 Å². The Kier molecular flexibility index (Phi) is 4.53. The number of carbonyl (C=O) groups excluding carboxylic acids is 1. The standard InChI is InChI=1S/C21H19NO/c1-2-16-12-14-18(15-13-16)22-21(23)20-11-7-6-10-19(20)17-8-4-3-5-9-17/h3-15H,2H2,1H3,(H,22,23). The molecule has 0 aliphatic rings. The summed E-state index contributed by atoms with van der Waals surface area (Å²) in [5.41, 5.74) is 4.73. The number of carbonyl (C=O) groups is 1. The number of hydrogen-bond donors (Lipinski definition) is 1. The second-order valence-corrected chi connectivity index (χ2v) is 5.42. The molecular weight excluding hydrogens is 282 g/mol. The molecule has 2 nitrogen and oxygen atoms in total. The summed E-state index contributed by atoms with van der Waals surface area (Å²) in [6.45, 7) is 2.11. The van der Waals surface area contributed by atoms with Crippen LogP contribution in [0.15, 0.2) is 78.9 Å². The van der Waals surface area contributed by atoms with Crippen LogP contribution in [-0.4, -0.2) is 5.91 Å². The van der Waals surface area contributed by atoms with Crippen LogP contribution in [0.2, 0.25) is 0 Å². The highest BCUT2D eigenvalue weighted by Gasteiger charge is 2.12. The van der Waals surface area contributed by atoms with Crippen LogP contribution >= 0.6 is 0 Å². The average Bonchev–Trinajstić information content (AvgIpc) is 2.63. The van der Waals surface area contributed by atoms with Crippen LogP contribution in [0, 0.1) is 0 Å². The Bertz CT molecular complexity index is 792. The zero-order chi connectivity index (χ0) is 16.1. The number of hydrogen-bond acceptors (Lipinski definition) is 1. The second-order valence-electron chi connectivity index (χ2n) is 5.42. The van der Waals surface area contributed by atoms with Gasteiger partial charge in [0.25, 0.3) is 5.91 Å². The van der Waals surface area contributed by atoms with Gasteiger partial charge in [0.2, 0.25) is 0 Å². The zero-order valence-corrected chi connectivity index (χ0v) is 13.1. The van der Waals surface area contributed by atoms with Crippen molar-refractivity contribution in [1.82, 2.24) is 0 Å². The maximum absolute atomic E-state index is 12.7. The predicted octanol–water partition coefficient (Wildman–Crippen LogP) is 5.17. The van der Waals surface area contributed by atoms with E-state index in [0.29, 0.717) is 5.56 Å². The first-order valence-corrected chi connectivity index (χ1v) is 7.82. The smallest absolute Gasteiger partial charge is 0.256 e. The second kappa shape index (κ2) is 6.93. The van der Waals surface area contributed by atoms with E-state index in [4.69, 9.17) is 0 Å². The minimum atomic E-state index is -0.0892. The SMILES string of the molecule is CCc1ccc(NC(=O)c2ccccc2-c2ccccc2)cc1. The van der Waals surface area contributed by atoms with Crippen LogP contribution in [0.4, 0.5) is 5.69 Å². The fourth-order valence-corrected chi connectivity index (χ4v) is 2.57. The quantitative estimate of drug-likeness (QED) is 0.708. The summed E-state index contributed by atoms with van der Waals surface area (Å²) in [4.78, 5) is 12.7. The van der Waals surface area contributed by atoms with Gasteiger partial charge >= 0.3 is 0 Å². The maximum atomic E-state index is 12.7. The highest BCUT2D eigenvalue weighted by atomic mass is 16.1. The van der Waals surface area contributed by atoms with Gasteiger partial charge in [0.05, 0.1) is 0 Å². The van der Waals surface area contributed by atoms with Gasteiger partial charge in [-0.05, 0) is 41.3 Å². The van der Waals surface area contributed by atoms with Crippen LogP contribution in [-0.2, 0) is 6.42 Å². The van der Waals surface area contributed by atoms with Crippen molar-refractivity contribution in [3.05, 3.63) is 90.0 Å². The highest BCUT2D eigenvalue weighted by Crippen LogP contribution is 2.24. The van der Waals surface area contributed by atoms with Gasteiger partial charge in [-0.3, -0.25) is 4.79 Å². The lowest BCUT2D eigenvalue weighted by Crippen LogP contribution is -2.13. The molecule has 0 fully saturated rings. The summed E-state index contributed by atoms with van der Waals surface area (Å²) in [6, 6.07) is 25.6. The molecule has 114 valence electrons. The fraction of sp³-hybridized carbons (Fsp3) is 0.0952. The number of amides is 1. The molecule has 3 rings (SSSR count). The van der Waals surface area contributed by atoms with E-state index in [1.54, 1.807) is 0 Å². The van der Waals surface area contributed by atoms with E-state index in [9.17, 15) is 4.79 Å². The lowest BCUT2D eigenvalue weighted by molar-refractivity contribution is 0.102. The molecule has 1 N–H and O–H groups in total. The van der Waals surface area contributed by atoms with Crippen LogP contribution in [0.1, 0.15) is 22.8 Å². The van der Waals surface area contributed by atoms with Crippen molar-refractivity contribution in [1.29, 1.82) is 0 Å². The Morgan fingerprint density at radius 1 is 0.826 bits per heavy atom. The lowest BCUT2D eigenvalue weighted by Gasteiger charge is -2.11. The van der Waals surface area contributed by atoms with E-state index < -0.39 is 0 Å². The van der Waals surface area contributed by atoms with Gasteiger partial charge in [0.15, 0.2) is 0 Å². The van der Waals surface area contributed by atoms with Crippen LogP contribution < -0.4 is 5.32 Å². The third-order valence-electron chi connectivity index (χ3n) is 3.88. The molecule has 0 bridgehead atoms. The summed E-state index contributed by atoms with van der Waals surface area (Å²) >= 11 is 0. The first-order chi connectivity index (χ1) is 11.3. The molecule has 3 aromatic carbocycles. The topological polar surface area (TPSA) is 29.1 Å². The van der Waals surface area contributed by atoms with Crippen molar-refractivity contribution in [2.24, 2.45) is 0 Å². The summed E-state index contributed by atoms with van der Waals surface area (Å²) in [5, 5.41) is 2.98. The number of aryl methyl sites for hydroxylation is 1. The van der Waals surface area contributed by atoms with E-state index in [0.717, 1.165) is 23.2 Å². The minimum absolute atomic E-state index is 0.0892. The molecule has 0 aromatic heterocycles. The van der Waals surface area contributed by atoms with E-state index >= 15 is 0 Å². The molecule has 0 aliphatic heterocycles. The van der Waals surface area contributed by atoms with Crippen LogP contribution in [0.3, 0.4) is 0 Å². The van der Waals surface area contributed by atoms with Crippen molar-refractivity contribution in [3.63, 3.8) is 0 Å². The molecule has 0 saturated heterocycles. The fourth-order valence-electron chi connectivity index (χ4n) is 2.57. The molecule has 0 aliphatic carbocycles. The van der Waals surface area contributed by atoms with Crippen molar-refractivity contribution in [2.75, 3.05) is 5.32 Å². The lowest BCUT2D eigenvalue weighted by atomic mass is 9.99. The Morgan fingerprint density at radius 3 is 2.17 bits per heavy atom. The number of rotatable bonds is 4. The first kappa shape index (κ1) is 15.0. The third-order valence-corrected chi connectivity index (χ3v) is 3.88. The van der Waals surface area contributed by atoms with E-state index in [1.165, 1.54) is 5.56 Å². The number of nitrogens with one attached hydrogen (secondary N) is 1. The van der Waals surface area contributed by atoms with Crippen molar-refractivity contribution < 1.29 is 4.79 Å². The average molecular weight is 301 g/mol. The summed E-state index contributed by atoms with van der Waals surface area (Å²) in [7, 11) is 0. The van der Waals surface area contributed by atoms with Gasteiger partial charge in [-0.25, -0.2) is 0 Å². The largest absolute Gasteiger partial charge is 0.322 e. The first-order valence-electron chi connectivity index (χ1n) is 7.82. The van der Waals surface area contributed by atoms with Gasteiger partial charge in [-0.1, -0.05) is 67.6 Å². The van der Waals surface area contributed by atoms with Crippen LogP contribution in [0.5, 0.6) is 0 Å². The predicted molar refractivity (Wildman–Crippen MR) is 95.7 cm³/mol. The Balaban J connectivity index is 1.88. The summed E-state index contributed by atoms with van der Waals surface area (Å²) in [6.07, 6.45) is 0.991. The number of anilines is 1. The summed E-state index contributed by atoms with van der Waals surface area (Å²) < 4.78 is 0. The molecule has 0 radical (unpaired) electrons. The molecule has 23 heavy (non-hydrogen) atoms. The normalized spacial score (nSPS) is 10.3. The Morgan fingerprint density at radius 2 is 1.48 bits per heavy atom. The van der Waals surface area contributed by atoms with Crippen molar-refractivity contribution >= 4 is 11.6 Å². The van der Waals surface area contributed by atoms with Gasteiger partial charge in [-0.2, -0.15) is 0 Å². The van der Waals surface area contributed by atoms with Crippen molar-refractivity contribution in [3.8, 4) is 11.1 Å². The molecule has 0 heterocycles. The van der Waals surface area contributed by atoms with Crippen molar-refractivity contribution in [2.45, 2.75) is 13.3 Å². The zero-order valence-electron chi connectivity index (χ0n) is 13.1.